The van der Waals surface area contributed by atoms with Crippen molar-refractivity contribution in [2.45, 2.75) is 44.4 Å². The van der Waals surface area contributed by atoms with E-state index in [1.54, 1.807) is 12.1 Å². The SMILES string of the molecule is CC(C)(C)N1CC(COS(=O)(=O)Cc2ccccc2)OC1c1ccccc1. The monoisotopic (exact) mass is 389 g/mol. The molecule has 2 unspecified atom stereocenters. The van der Waals surface area contributed by atoms with Crippen molar-refractivity contribution in [2.75, 3.05) is 13.2 Å². The lowest BCUT2D eigenvalue weighted by molar-refractivity contribution is -0.0394. The first-order valence-electron chi connectivity index (χ1n) is 9.13. The van der Waals surface area contributed by atoms with Gasteiger partial charge in [-0.25, -0.2) is 0 Å². The summed E-state index contributed by atoms with van der Waals surface area (Å²) in [6.07, 6.45) is -0.517. The van der Waals surface area contributed by atoms with Crippen LogP contribution in [-0.2, 0) is 24.8 Å². The number of ether oxygens (including phenoxy) is 1. The first-order valence-corrected chi connectivity index (χ1v) is 10.7. The highest BCUT2D eigenvalue weighted by Crippen LogP contribution is 2.36. The lowest BCUT2D eigenvalue weighted by atomic mass is 10.0. The minimum atomic E-state index is -3.66. The zero-order chi connectivity index (χ0) is 19.5. The first kappa shape index (κ1) is 20.0. The minimum absolute atomic E-state index is 0.0189. The molecule has 1 aliphatic rings. The van der Waals surface area contributed by atoms with Gasteiger partial charge in [-0.1, -0.05) is 60.7 Å². The molecule has 3 rings (SSSR count). The van der Waals surface area contributed by atoms with E-state index in [4.69, 9.17) is 8.92 Å². The second-order valence-corrected chi connectivity index (χ2v) is 9.46. The zero-order valence-electron chi connectivity index (χ0n) is 16.0. The Morgan fingerprint density at radius 2 is 1.63 bits per heavy atom. The Bertz CT molecular complexity index is 831. The van der Waals surface area contributed by atoms with E-state index in [9.17, 15) is 8.42 Å². The zero-order valence-corrected chi connectivity index (χ0v) is 16.9. The number of benzene rings is 2. The maximum absolute atomic E-state index is 12.3. The second kappa shape index (κ2) is 8.10. The van der Waals surface area contributed by atoms with E-state index in [2.05, 4.69) is 25.7 Å². The van der Waals surface area contributed by atoms with Crippen LogP contribution in [-0.4, -0.2) is 38.1 Å². The highest BCUT2D eigenvalue weighted by atomic mass is 32.2. The van der Waals surface area contributed by atoms with Crippen LogP contribution in [0.2, 0.25) is 0 Å². The Hall–Kier alpha value is -1.73. The van der Waals surface area contributed by atoms with E-state index in [-0.39, 0.29) is 30.2 Å². The first-order chi connectivity index (χ1) is 12.7. The molecular formula is C21H27NO4S. The van der Waals surface area contributed by atoms with Crippen molar-refractivity contribution in [3.8, 4) is 0 Å². The van der Waals surface area contributed by atoms with E-state index >= 15 is 0 Å². The molecule has 2 aromatic carbocycles. The van der Waals surface area contributed by atoms with E-state index < -0.39 is 10.1 Å². The van der Waals surface area contributed by atoms with Crippen LogP contribution in [0.4, 0.5) is 0 Å². The molecule has 27 heavy (non-hydrogen) atoms. The van der Waals surface area contributed by atoms with Crippen molar-refractivity contribution >= 4 is 10.1 Å². The molecule has 6 heteroatoms. The van der Waals surface area contributed by atoms with E-state index in [0.29, 0.717) is 12.1 Å². The molecule has 0 radical (unpaired) electrons. The third-order valence-electron chi connectivity index (χ3n) is 4.57. The standard InChI is InChI=1S/C21H27NO4S/c1-21(2,3)22-14-19(26-20(22)18-12-8-5-9-13-18)15-25-27(23,24)16-17-10-6-4-7-11-17/h4-13,19-20H,14-16H2,1-3H3. The number of hydrogen-bond donors (Lipinski definition) is 0. The highest BCUT2D eigenvalue weighted by Gasteiger charge is 2.40. The van der Waals surface area contributed by atoms with Gasteiger partial charge in [-0.15, -0.1) is 0 Å². The maximum Gasteiger partial charge on any atom is 0.271 e. The van der Waals surface area contributed by atoms with Crippen LogP contribution < -0.4 is 0 Å². The molecule has 0 N–H and O–H groups in total. The van der Waals surface area contributed by atoms with Gasteiger partial charge in [-0.05, 0) is 31.9 Å². The van der Waals surface area contributed by atoms with Gasteiger partial charge in [0.05, 0.1) is 12.7 Å². The van der Waals surface area contributed by atoms with Crippen LogP contribution in [0.5, 0.6) is 0 Å². The van der Waals surface area contributed by atoms with Crippen LogP contribution in [0.3, 0.4) is 0 Å². The van der Waals surface area contributed by atoms with Gasteiger partial charge in [0.25, 0.3) is 10.1 Å². The average molecular weight is 390 g/mol. The number of nitrogens with zero attached hydrogens (tertiary/aromatic N) is 1. The van der Waals surface area contributed by atoms with Gasteiger partial charge < -0.3 is 4.74 Å². The molecule has 0 aliphatic carbocycles. The van der Waals surface area contributed by atoms with Crippen LogP contribution in [0.15, 0.2) is 60.7 Å². The molecule has 0 amide bonds. The smallest absolute Gasteiger partial charge is 0.271 e. The fourth-order valence-corrected chi connectivity index (χ4v) is 4.25. The Morgan fingerprint density at radius 3 is 2.22 bits per heavy atom. The summed E-state index contributed by atoms with van der Waals surface area (Å²) < 4.78 is 36.0. The van der Waals surface area contributed by atoms with Crippen LogP contribution in [0.25, 0.3) is 0 Å². The summed E-state index contributed by atoms with van der Waals surface area (Å²) in [6, 6.07) is 19.0. The predicted octanol–water partition coefficient (Wildman–Crippen LogP) is 3.73. The molecule has 0 spiro atoms. The quantitative estimate of drug-likeness (QED) is 0.705. The average Bonchev–Trinajstić information content (AvgIpc) is 3.06. The molecule has 1 saturated heterocycles. The molecule has 1 aliphatic heterocycles. The van der Waals surface area contributed by atoms with Crippen molar-refractivity contribution in [1.82, 2.24) is 4.90 Å². The summed E-state index contributed by atoms with van der Waals surface area (Å²) in [5, 5.41) is 0. The molecule has 0 bridgehead atoms. The maximum atomic E-state index is 12.3. The van der Waals surface area contributed by atoms with E-state index in [1.165, 1.54) is 0 Å². The molecule has 0 aromatic heterocycles. The molecule has 2 aromatic rings. The minimum Gasteiger partial charge on any atom is -0.352 e. The summed E-state index contributed by atoms with van der Waals surface area (Å²) in [6.45, 7) is 7.01. The van der Waals surface area contributed by atoms with Gasteiger partial charge in [0.1, 0.15) is 12.0 Å². The number of hydrogen-bond acceptors (Lipinski definition) is 5. The third-order valence-corrected chi connectivity index (χ3v) is 5.75. The molecule has 1 fully saturated rings. The van der Waals surface area contributed by atoms with Gasteiger partial charge in [-0.3, -0.25) is 9.08 Å². The predicted molar refractivity (Wildman–Crippen MR) is 106 cm³/mol. The molecule has 2 atom stereocenters. The fourth-order valence-electron chi connectivity index (χ4n) is 3.21. The lowest BCUT2D eigenvalue weighted by Crippen LogP contribution is -2.41. The second-order valence-electron chi connectivity index (χ2n) is 7.82. The molecule has 5 nitrogen and oxygen atoms in total. The Balaban J connectivity index is 1.65. The van der Waals surface area contributed by atoms with Gasteiger partial charge in [-0.2, -0.15) is 8.42 Å². The van der Waals surface area contributed by atoms with Crippen molar-refractivity contribution < 1.29 is 17.3 Å². The van der Waals surface area contributed by atoms with Gasteiger partial charge in [0, 0.05) is 12.1 Å². The normalized spacial score (nSPS) is 21.4. The summed E-state index contributed by atoms with van der Waals surface area (Å²) in [4.78, 5) is 2.24. The van der Waals surface area contributed by atoms with Gasteiger partial charge >= 0.3 is 0 Å². The van der Waals surface area contributed by atoms with Crippen LogP contribution in [0.1, 0.15) is 38.1 Å². The number of rotatable bonds is 6. The largest absolute Gasteiger partial charge is 0.352 e. The highest BCUT2D eigenvalue weighted by molar-refractivity contribution is 7.85. The van der Waals surface area contributed by atoms with Crippen molar-refractivity contribution in [1.29, 1.82) is 0 Å². The fraction of sp³-hybridized carbons (Fsp3) is 0.429. The van der Waals surface area contributed by atoms with Crippen molar-refractivity contribution in [2.24, 2.45) is 0 Å². The molecule has 1 heterocycles. The third kappa shape index (κ3) is 5.39. The molecule has 0 saturated carbocycles. The summed E-state index contributed by atoms with van der Waals surface area (Å²) in [5.74, 6) is -0.133. The summed E-state index contributed by atoms with van der Waals surface area (Å²) in [5.41, 5.74) is 1.66. The van der Waals surface area contributed by atoms with Crippen LogP contribution in [0, 0.1) is 0 Å². The Labute approximate surface area is 162 Å². The molecule has 146 valence electrons. The van der Waals surface area contributed by atoms with Crippen molar-refractivity contribution in [3.05, 3.63) is 71.8 Å². The summed E-state index contributed by atoms with van der Waals surface area (Å²) >= 11 is 0. The summed E-state index contributed by atoms with van der Waals surface area (Å²) in [7, 11) is -3.66. The van der Waals surface area contributed by atoms with Crippen LogP contribution >= 0.6 is 0 Å². The topological polar surface area (TPSA) is 55.8 Å². The van der Waals surface area contributed by atoms with Crippen molar-refractivity contribution in [3.63, 3.8) is 0 Å². The van der Waals surface area contributed by atoms with Gasteiger partial charge in [0.15, 0.2) is 0 Å². The van der Waals surface area contributed by atoms with E-state index in [1.807, 2.05) is 48.5 Å². The van der Waals surface area contributed by atoms with Gasteiger partial charge in [0.2, 0.25) is 0 Å². The Morgan fingerprint density at radius 1 is 1.04 bits per heavy atom. The van der Waals surface area contributed by atoms with E-state index in [0.717, 1.165) is 5.56 Å². The Kier molecular flexibility index (Phi) is 6.01. The molecular weight excluding hydrogens is 362 g/mol. The lowest BCUT2D eigenvalue weighted by Gasteiger charge is -2.35.